The van der Waals surface area contributed by atoms with Gasteiger partial charge in [-0.1, -0.05) is 0 Å². The average molecular weight is 310 g/mol. The Hall–Kier alpha value is -2.37. The quantitative estimate of drug-likeness (QED) is 0.570. The lowest BCUT2D eigenvalue weighted by atomic mass is 10.0. The lowest BCUT2D eigenvalue weighted by Gasteiger charge is -2.20. The Morgan fingerprint density at radius 3 is 1.86 bits per heavy atom. The molecule has 0 radical (unpaired) electrons. The van der Waals surface area contributed by atoms with Crippen LogP contribution in [0.4, 0.5) is 0 Å². The predicted molar refractivity (Wildman–Crippen MR) is 83.1 cm³/mol. The van der Waals surface area contributed by atoms with E-state index in [1.807, 2.05) is 6.92 Å². The second-order valence-corrected chi connectivity index (χ2v) is 4.26. The van der Waals surface area contributed by atoms with E-state index in [2.05, 4.69) is 0 Å². The summed E-state index contributed by atoms with van der Waals surface area (Å²) in [7, 11) is 6.09. The van der Waals surface area contributed by atoms with E-state index in [-0.39, 0.29) is 0 Å². The Morgan fingerprint density at radius 2 is 1.41 bits per heavy atom. The number of carbonyl (C=O) groups is 1. The van der Waals surface area contributed by atoms with Gasteiger partial charge in [-0.05, 0) is 19.9 Å². The molecule has 1 aromatic rings. The lowest BCUT2D eigenvalue weighted by molar-refractivity contribution is -0.137. The molecular formula is C16H22O6. The van der Waals surface area contributed by atoms with Crippen molar-refractivity contribution in [3.8, 4) is 23.0 Å². The van der Waals surface area contributed by atoms with Crippen LogP contribution in [-0.2, 0) is 9.53 Å². The number of carbonyl (C=O) groups excluding carboxylic acids is 1. The molecule has 1 rings (SSSR count). The fourth-order valence-corrected chi connectivity index (χ4v) is 2.15. The maximum Gasteiger partial charge on any atom is 0.330 e. The summed E-state index contributed by atoms with van der Waals surface area (Å²) in [6.45, 7) is 3.90. The molecule has 6 nitrogen and oxygen atoms in total. The van der Waals surface area contributed by atoms with Crippen LogP contribution in [0, 0.1) is 6.92 Å². The van der Waals surface area contributed by atoms with Crippen molar-refractivity contribution in [3.05, 3.63) is 17.2 Å². The van der Waals surface area contributed by atoms with E-state index in [1.165, 1.54) is 34.5 Å². The van der Waals surface area contributed by atoms with Crippen molar-refractivity contribution >= 4 is 12.0 Å². The summed E-state index contributed by atoms with van der Waals surface area (Å²) >= 11 is 0. The van der Waals surface area contributed by atoms with E-state index in [1.54, 1.807) is 13.0 Å². The zero-order chi connectivity index (χ0) is 16.7. The van der Waals surface area contributed by atoms with E-state index in [0.717, 1.165) is 5.56 Å². The molecule has 0 heterocycles. The van der Waals surface area contributed by atoms with Crippen LogP contribution in [0.5, 0.6) is 23.0 Å². The van der Waals surface area contributed by atoms with Crippen molar-refractivity contribution < 1.29 is 28.5 Å². The smallest absolute Gasteiger partial charge is 0.330 e. The summed E-state index contributed by atoms with van der Waals surface area (Å²) in [4.78, 5) is 11.5. The Balaban J connectivity index is 3.52. The summed E-state index contributed by atoms with van der Waals surface area (Å²) in [5, 5.41) is 0. The van der Waals surface area contributed by atoms with Crippen molar-refractivity contribution in [1.29, 1.82) is 0 Å². The molecule has 6 heteroatoms. The first-order valence-electron chi connectivity index (χ1n) is 6.76. The number of rotatable bonds is 7. The highest BCUT2D eigenvalue weighted by molar-refractivity contribution is 5.89. The van der Waals surface area contributed by atoms with Crippen LogP contribution in [0.15, 0.2) is 6.08 Å². The summed E-state index contributed by atoms with van der Waals surface area (Å²) in [6, 6.07) is 0. The molecule has 22 heavy (non-hydrogen) atoms. The molecule has 0 aliphatic heterocycles. The van der Waals surface area contributed by atoms with Gasteiger partial charge in [0, 0.05) is 17.2 Å². The zero-order valence-electron chi connectivity index (χ0n) is 13.8. The van der Waals surface area contributed by atoms with Gasteiger partial charge in [-0.3, -0.25) is 0 Å². The molecule has 0 atom stereocenters. The van der Waals surface area contributed by atoms with Crippen molar-refractivity contribution in [1.82, 2.24) is 0 Å². The Morgan fingerprint density at radius 1 is 0.909 bits per heavy atom. The fourth-order valence-electron chi connectivity index (χ4n) is 2.15. The van der Waals surface area contributed by atoms with Gasteiger partial charge in [-0.2, -0.15) is 0 Å². The highest BCUT2D eigenvalue weighted by atomic mass is 16.5. The summed E-state index contributed by atoms with van der Waals surface area (Å²) in [5.74, 6) is 1.38. The number of methoxy groups -OCH3 is 4. The number of benzene rings is 1. The molecule has 0 bridgehead atoms. The van der Waals surface area contributed by atoms with Crippen LogP contribution in [-0.4, -0.2) is 41.0 Å². The van der Waals surface area contributed by atoms with E-state index >= 15 is 0 Å². The molecule has 0 spiro atoms. The Bertz CT molecular complexity index is 562. The third-order valence-electron chi connectivity index (χ3n) is 3.10. The first-order chi connectivity index (χ1) is 10.5. The number of hydrogen-bond donors (Lipinski definition) is 0. The third kappa shape index (κ3) is 3.44. The molecule has 1 aromatic carbocycles. The normalized spacial score (nSPS) is 10.5. The molecule has 0 aromatic heterocycles. The molecule has 0 fully saturated rings. The third-order valence-corrected chi connectivity index (χ3v) is 3.10. The van der Waals surface area contributed by atoms with Gasteiger partial charge in [0.2, 0.25) is 11.5 Å². The van der Waals surface area contributed by atoms with Crippen LogP contribution in [0.1, 0.15) is 18.1 Å². The van der Waals surface area contributed by atoms with Gasteiger partial charge in [0.15, 0.2) is 11.5 Å². The minimum atomic E-state index is -0.433. The largest absolute Gasteiger partial charge is 0.492 e. The molecule has 122 valence electrons. The van der Waals surface area contributed by atoms with Gasteiger partial charge in [-0.25, -0.2) is 4.79 Å². The number of esters is 1. The van der Waals surface area contributed by atoms with Crippen LogP contribution < -0.4 is 18.9 Å². The van der Waals surface area contributed by atoms with Gasteiger partial charge in [0.05, 0.1) is 35.0 Å². The van der Waals surface area contributed by atoms with E-state index in [4.69, 9.17) is 23.7 Å². The zero-order valence-corrected chi connectivity index (χ0v) is 13.8. The molecule has 0 saturated carbocycles. The van der Waals surface area contributed by atoms with E-state index < -0.39 is 5.97 Å². The maximum atomic E-state index is 11.5. The molecule has 0 amide bonds. The second kappa shape index (κ2) is 8.17. The van der Waals surface area contributed by atoms with Gasteiger partial charge in [0.1, 0.15) is 0 Å². The number of hydrogen-bond acceptors (Lipinski definition) is 6. The predicted octanol–water partition coefficient (Wildman–Crippen LogP) is 2.61. The van der Waals surface area contributed by atoms with Gasteiger partial charge in [0.25, 0.3) is 0 Å². The minimum absolute atomic E-state index is 0.314. The first kappa shape index (κ1) is 17.7. The van der Waals surface area contributed by atoms with Crippen LogP contribution in [0.25, 0.3) is 6.08 Å². The summed E-state index contributed by atoms with van der Waals surface area (Å²) in [6.07, 6.45) is 2.94. The number of ether oxygens (including phenoxy) is 5. The molecule has 0 aliphatic carbocycles. The van der Waals surface area contributed by atoms with Gasteiger partial charge < -0.3 is 23.7 Å². The molecular weight excluding hydrogens is 288 g/mol. The minimum Gasteiger partial charge on any atom is -0.492 e. The van der Waals surface area contributed by atoms with Crippen molar-refractivity contribution in [2.45, 2.75) is 13.8 Å². The van der Waals surface area contributed by atoms with Crippen LogP contribution in [0.2, 0.25) is 0 Å². The SMILES string of the molecule is CCOC(=O)/C=C/c1c(C)c(OC)c(OC)c(OC)c1OC. The molecule has 0 N–H and O–H groups in total. The van der Waals surface area contributed by atoms with Crippen molar-refractivity contribution in [2.75, 3.05) is 35.0 Å². The highest BCUT2D eigenvalue weighted by Crippen LogP contribution is 2.49. The first-order valence-corrected chi connectivity index (χ1v) is 6.76. The Labute approximate surface area is 130 Å². The van der Waals surface area contributed by atoms with Crippen molar-refractivity contribution in [3.63, 3.8) is 0 Å². The topological polar surface area (TPSA) is 63.2 Å². The summed E-state index contributed by atoms with van der Waals surface area (Å²) < 4.78 is 26.4. The molecule has 0 aliphatic rings. The monoisotopic (exact) mass is 310 g/mol. The lowest BCUT2D eigenvalue weighted by Crippen LogP contribution is -2.03. The van der Waals surface area contributed by atoms with Crippen molar-refractivity contribution in [2.24, 2.45) is 0 Å². The van der Waals surface area contributed by atoms with E-state index in [0.29, 0.717) is 35.2 Å². The average Bonchev–Trinajstić information content (AvgIpc) is 2.52. The second-order valence-electron chi connectivity index (χ2n) is 4.26. The Kier molecular flexibility index (Phi) is 6.56. The van der Waals surface area contributed by atoms with Gasteiger partial charge >= 0.3 is 5.97 Å². The molecule has 0 unspecified atom stereocenters. The highest BCUT2D eigenvalue weighted by Gasteiger charge is 2.24. The standard InChI is InChI=1S/C16H22O6/c1-7-22-12(17)9-8-11-10(2)13(18-3)15(20-5)16(21-6)14(11)19-4/h8-9H,7H2,1-6H3/b9-8+. The summed E-state index contributed by atoms with van der Waals surface area (Å²) in [5.41, 5.74) is 1.42. The van der Waals surface area contributed by atoms with Crippen LogP contribution >= 0.6 is 0 Å². The van der Waals surface area contributed by atoms with Gasteiger partial charge in [-0.15, -0.1) is 0 Å². The maximum absolute atomic E-state index is 11.5. The fraction of sp³-hybridized carbons (Fsp3) is 0.438. The molecule has 0 saturated heterocycles. The van der Waals surface area contributed by atoms with E-state index in [9.17, 15) is 4.79 Å². The van der Waals surface area contributed by atoms with Crippen LogP contribution in [0.3, 0.4) is 0 Å².